The van der Waals surface area contributed by atoms with E-state index < -0.39 is 23.4 Å². The minimum Gasteiger partial charge on any atom is -0.482 e. The third-order valence-electron chi connectivity index (χ3n) is 4.05. The summed E-state index contributed by atoms with van der Waals surface area (Å²) < 4.78 is 10.2. The number of nitro benzene ring substituents is 1. The van der Waals surface area contributed by atoms with E-state index in [1.165, 1.54) is 29.2 Å². The minimum absolute atomic E-state index is 0.0878. The second-order valence-corrected chi connectivity index (χ2v) is 6.07. The number of amides is 2. The predicted octanol–water partition coefficient (Wildman–Crippen LogP) is 1.89. The lowest BCUT2D eigenvalue weighted by Crippen LogP contribution is -2.40. The molecule has 1 aliphatic rings. The van der Waals surface area contributed by atoms with Gasteiger partial charge in [0.25, 0.3) is 17.5 Å². The van der Waals surface area contributed by atoms with E-state index in [2.05, 4.69) is 5.32 Å². The summed E-state index contributed by atoms with van der Waals surface area (Å²) in [4.78, 5) is 47.5. The molecule has 0 radical (unpaired) electrons. The summed E-state index contributed by atoms with van der Waals surface area (Å²) in [6.07, 6.45) is -0.107. The van der Waals surface area contributed by atoms with Gasteiger partial charge in [-0.25, -0.2) is 0 Å². The molecule has 0 atom stereocenters. The van der Waals surface area contributed by atoms with Crippen LogP contribution in [0.2, 0.25) is 0 Å². The molecule has 0 fully saturated rings. The topological polar surface area (TPSA) is 128 Å². The van der Waals surface area contributed by atoms with Crippen LogP contribution in [0.3, 0.4) is 0 Å². The molecule has 1 heterocycles. The first-order chi connectivity index (χ1) is 13.9. The summed E-state index contributed by atoms with van der Waals surface area (Å²) in [6.45, 7) is -0.572. The molecule has 0 saturated heterocycles. The molecular formula is C19H17N3O7. The number of non-ortho nitro benzene ring substituents is 1. The maximum atomic E-state index is 12.1. The molecule has 0 bridgehead atoms. The number of ether oxygens (including phenoxy) is 2. The van der Waals surface area contributed by atoms with Crippen molar-refractivity contribution in [3.8, 4) is 5.75 Å². The second-order valence-electron chi connectivity index (χ2n) is 6.07. The summed E-state index contributed by atoms with van der Waals surface area (Å²) in [6, 6.07) is 12.4. The van der Waals surface area contributed by atoms with Crippen molar-refractivity contribution < 1.29 is 28.8 Å². The fraction of sp³-hybridized carbons (Fsp3) is 0.211. The van der Waals surface area contributed by atoms with Crippen LogP contribution in [-0.4, -0.2) is 42.5 Å². The Morgan fingerprint density at radius 3 is 2.79 bits per heavy atom. The van der Waals surface area contributed by atoms with E-state index in [4.69, 9.17) is 9.47 Å². The molecule has 1 aliphatic heterocycles. The number of hydrogen-bond donors (Lipinski definition) is 1. The van der Waals surface area contributed by atoms with E-state index in [9.17, 15) is 24.5 Å². The largest absolute Gasteiger partial charge is 0.482 e. The molecular weight excluding hydrogens is 382 g/mol. The first-order valence-electron chi connectivity index (χ1n) is 8.66. The smallest absolute Gasteiger partial charge is 0.308 e. The Morgan fingerprint density at radius 1 is 1.21 bits per heavy atom. The normalized spacial score (nSPS) is 12.6. The number of benzene rings is 2. The highest BCUT2D eigenvalue weighted by Crippen LogP contribution is 2.31. The average Bonchev–Trinajstić information content (AvgIpc) is 2.71. The Morgan fingerprint density at radius 2 is 2.00 bits per heavy atom. The van der Waals surface area contributed by atoms with Gasteiger partial charge in [0, 0.05) is 24.4 Å². The van der Waals surface area contributed by atoms with Crippen LogP contribution in [0.1, 0.15) is 6.42 Å². The highest BCUT2D eigenvalue weighted by molar-refractivity contribution is 5.98. The van der Waals surface area contributed by atoms with Crippen molar-refractivity contribution in [3.05, 3.63) is 58.6 Å². The molecule has 150 valence electrons. The maximum Gasteiger partial charge on any atom is 0.308 e. The van der Waals surface area contributed by atoms with Crippen molar-refractivity contribution in [2.24, 2.45) is 0 Å². The second kappa shape index (κ2) is 8.83. The first kappa shape index (κ1) is 19.8. The van der Waals surface area contributed by atoms with Crippen LogP contribution < -0.4 is 15.0 Å². The van der Waals surface area contributed by atoms with Crippen molar-refractivity contribution in [1.29, 1.82) is 0 Å². The van der Waals surface area contributed by atoms with Crippen molar-refractivity contribution in [2.45, 2.75) is 6.42 Å². The zero-order valence-electron chi connectivity index (χ0n) is 15.2. The molecule has 10 heteroatoms. The molecule has 29 heavy (non-hydrogen) atoms. The van der Waals surface area contributed by atoms with E-state index >= 15 is 0 Å². The van der Waals surface area contributed by atoms with Crippen LogP contribution in [-0.2, 0) is 19.1 Å². The molecule has 10 nitrogen and oxygen atoms in total. The fourth-order valence-corrected chi connectivity index (χ4v) is 2.71. The third-order valence-corrected chi connectivity index (χ3v) is 4.05. The van der Waals surface area contributed by atoms with Gasteiger partial charge in [-0.1, -0.05) is 18.2 Å². The molecule has 0 aliphatic carbocycles. The van der Waals surface area contributed by atoms with E-state index in [0.717, 1.165) is 0 Å². The standard InChI is InChI=1S/C19H17N3O7/c23-17(20-13-4-3-5-14(10-13)22(26)27)11-29-19(25)8-9-21-15-6-1-2-7-16(15)28-12-18(21)24/h1-7,10H,8-9,11-12H2,(H,20,23). The summed E-state index contributed by atoms with van der Waals surface area (Å²) in [5.74, 6) is -1.01. The minimum atomic E-state index is -0.657. The number of rotatable bonds is 7. The molecule has 0 aromatic heterocycles. The Hall–Kier alpha value is -3.95. The van der Waals surface area contributed by atoms with Crippen molar-refractivity contribution >= 4 is 34.8 Å². The number of hydrogen-bond acceptors (Lipinski definition) is 7. The lowest BCUT2D eigenvalue weighted by molar-refractivity contribution is -0.384. The van der Waals surface area contributed by atoms with Gasteiger partial charge in [-0.05, 0) is 18.2 Å². The molecule has 0 saturated carbocycles. The predicted molar refractivity (Wildman–Crippen MR) is 102 cm³/mol. The van der Waals surface area contributed by atoms with Crippen LogP contribution >= 0.6 is 0 Å². The van der Waals surface area contributed by atoms with Gasteiger partial charge in [-0.3, -0.25) is 24.5 Å². The Bertz CT molecular complexity index is 960. The van der Waals surface area contributed by atoms with Gasteiger partial charge in [0.2, 0.25) is 0 Å². The quantitative estimate of drug-likeness (QED) is 0.428. The summed E-state index contributed by atoms with van der Waals surface area (Å²) in [7, 11) is 0. The number of anilines is 2. The first-order valence-corrected chi connectivity index (χ1v) is 8.66. The van der Waals surface area contributed by atoms with Crippen LogP contribution in [0.15, 0.2) is 48.5 Å². The SMILES string of the molecule is O=C(COC(=O)CCN1C(=O)COc2ccccc21)Nc1cccc([N+](=O)[O-])c1. The molecule has 0 unspecified atom stereocenters. The zero-order chi connectivity index (χ0) is 20.8. The molecule has 2 aromatic carbocycles. The van der Waals surface area contributed by atoms with Crippen molar-refractivity contribution in [3.63, 3.8) is 0 Å². The van der Waals surface area contributed by atoms with E-state index in [1.54, 1.807) is 24.3 Å². The number of fused-ring (bicyclic) bond motifs is 1. The molecule has 0 spiro atoms. The molecule has 2 aromatic rings. The molecule has 2 amide bonds. The number of para-hydroxylation sites is 2. The van der Waals surface area contributed by atoms with E-state index in [-0.39, 0.29) is 36.9 Å². The van der Waals surface area contributed by atoms with Crippen LogP contribution in [0.5, 0.6) is 5.75 Å². The summed E-state index contributed by atoms with van der Waals surface area (Å²) in [5.41, 5.74) is 0.617. The van der Waals surface area contributed by atoms with Gasteiger partial charge in [-0.2, -0.15) is 0 Å². The Balaban J connectivity index is 1.48. The Labute approximate surface area is 165 Å². The number of carbonyl (C=O) groups excluding carboxylic acids is 3. The Kier molecular flexibility index (Phi) is 6.03. The van der Waals surface area contributed by atoms with Crippen LogP contribution in [0.25, 0.3) is 0 Å². The number of carbonyl (C=O) groups is 3. The van der Waals surface area contributed by atoms with E-state index in [0.29, 0.717) is 11.4 Å². The number of nitrogens with one attached hydrogen (secondary N) is 1. The lowest BCUT2D eigenvalue weighted by Gasteiger charge is -2.28. The van der Waals surface area contributed by atoms with Gasteiger partial charge < -0.3 is 19.7 Å². The molecule has 1 N–H and O–H groups in total. The van der Waals surface area contributed by atoms with Gasteiger partial charge in [0.05, 0.1) is 17.0 Å². The van der Waals surface area contributed by atoms with Crippen LogP contribution in [0.4, 0.5) is 17.1 Å². The maximum absolute atomic E-state index is 12.1. The highest BCUT2D eigenvalue weighted by atomic mass is 16.6. The van der Waals surface area contributed by atoms with Gasteiger partial charge >= 0.3 is 5.97 Å². The molecule has 3 rings (SSSR count). The fourth-order valence-electron chi connectivity index (χ4n) is 2.71. The third kappa shape index (κ3) is 5.06. The van der Waals surface area contributed by atoms with Gasteiger partial charge in [0.15, 0.2) is 13.2 Å². The monoisotopic (exact) mass is 399 g/mol. The average molecular weight is 399 g/mol. The van der Waals surface area contributed by atoms with Crippen LogP contribution in [0, 0.1) is 10.1 Å². The summed E-state index contributed by atoms with van der Waals surface area (Å²) in [5, 5.41) is 13.2. The van der Waals surface area contributed by atoms with Gasteiger partial charge in [0.1, 0.15) is 5.75 Å². The van der Waals surface area contributed by atoms with E-state index in [1.807, 2.05) is 0 Å². The number of esters is 1. The van der Waals surface area contributed by atoms with Crippen molar-refractivity contribution in [1.82, 2.24) is 0 Å². The number of nitrogens with zero attached hydrogens (tertiary/aromatic N) is 2. The lowest BCUT2D eigenvalue weighted by atomic mass is 10.2. The number of nitro groups is 1. The highest BCUT2D eigenvalue weighted by Gasteiger charge is 2.25. The van der Waals surface area contributed by atoms with Gasteiger partial charge in [-0.15, -0.1) is 0 Å². The zero-order valence-corrected chi connectivity index (χ0v) is 15.2. The van der Waals surface area contributed by atoms with Crippen molar-refractivity contribution in [2.75, 3.05) is 30.0 Å². The summed E-state index contributed by atoms with van der Waals surface area (Å²) >= 11 is 0.